The predicted molar refractivity (Wildman–Crippen MR) is 136 cm³/mol. The molecule has 1 aliphatic rings. The molecule has 0 atom stereocenters. The van der Waals surface area contributed by atoms with Crippen molar-refractivity contribution < 1.29 is 27.5 Å². The quantitative estimate of drug-likeness (QED) is 0.371. The maximum Gasteiger partial charge on any atom is 0.259 e. The second kappa shape index (κ2) is 8.65. The summed E-state index contributed by atoms with van der Waals surface area (Å²) in [5.41, 5.74) is 2.75. The average Bonchev–Trinajstić information content (AvgIpc) is 3.29. The van der Waals surface area contributed by atoms with Crippen LogP contribution in [0, 0.1) is 0 Å². The molecular weight excluding hydrogens is 506 g/mol. The Morgan fingerprint density at radius 3 is 2.44 bits per heavy atom. The van der Waals surface area contributed by atoms with E-state index in [1.807, 2.05) is 9.29 Å². The molecule has 2 N–H and O–H groups in total. The first-order valence-corrected chi connectivity index (χ1v) is 13.1. The van der Waals surface area contributed by atoms with Crippen LogP contribution in [0.3, 0.4) is 0 Å². The van der Waals surface area contributed by atoms with Gasteiger partial charge in [-0.2, -0.15) is 0 Å². The zero-order valence-electron chi connectivity index (χ0n) is 19.2. The normalized spacial score (nSPS) is 13.2. The molecule has 184 valence electrons. The van der Waals surface area contributed by atoms with Gasteiger partial charge in [0.15, 0.2) is 0 Å². The van der Waals surface area contributed by atoms with Gasteiger partial charge in [-0.15, -0.1) is 0 Å². The van der Waals surface area contributed by atoms with Gasteiger partial charge in [0.1, 0.15) is 5.75 Å². The van der Waals surface area contributed by atoms with Crippen LogP contribution >= 0.6 is 11.6 Å². The first kappa shape index (κ1) is 23.8. The maximum atomic E-state index is 13.1. The van der Waals surface area contributed by atoms with Gasteiger partial charge in [0.25, 0.3) is 11.8 Å². The fourth-order valence-corrected chi connectivity index (χ4v) is 5.41. The molecule has 0 fully saturated rings. The second-order valence-electron chi connectivity index (χ2n) is 8.41. The molecule has 1 aromatic heterocycles. The van der Waals surface area contributed by atoms with Crippen LogP contribution in [0.2, 0.25) is 5.02 Å². The fourth-order valence-electron chi connectivity index (χ4n) is 4.66. The number of carbonyl (C=O) groups is 3. The van der Waals surface area contributed by atoms with Crippen molar-refractivity contribution in [2.24, 2.45) is 0 Å². The molecule has 0 spiro atoms. The molecule has 2 heterocycles. The molecule has 1 aliphatic heterocycles. The van der Waals surface area contributed by atoms with Crippen molar-refractivity contribution in [1.82, 2.24) is 14.6 Å². The first-order valence-electron chi connectivity index (χ1n) is 10.9. The molecule has 3 aromatic carbocycles. The SMILES string of the molecule is COc1ccc2c(c1)c1c3c(c(-c4ccccc4Cl)cc1n2CCC(=O)NS(C)(=O)=O)C(=O)NC3=O. The third-order valence-electron chi connectivity index (χ3n) is 6.07. The Kier molecular flexibility index (Phi) is 5.73. The maximum absolute atomic E-state index is 13.1. The van der Waals surface area contributed by atoms with Gasteiger partial charge in [-0.3, -0.25) is 24.4 Å². The minimum absolute atomic E-state index is 0.115. The van der Waals surface area contributed by atoms with Gasteiger partial charge in [-0.25, -0.2) is 8.42 Å². The lowest BCUT2D eigenvalue weighted by atomic mass is 9.93. The Balaban J connectivity index is 1.83. The number of imide groups is 1. The van der Waals surface area contributed by atoms with E-state index in [1.165, 1.54) is 7.11 Å². The number of fused-ring (bicyclic) bond motifs is 5. The highest BCUT2D eigenvalue weighted by Gasteiger charge is 2.35. The summed E-state index contributed by atoms with van der Waals surface area (Å²) in [6.45, 7) is 0.115. The Morgan fingerprint density at radius 1 is 1.03 bits per heavy atom. The standard InChI is InChI=1S/C25H20ClN3O6S/c1-35-13-7-8-18-16(11-13)21-19(29(18)10-9-20(30)28-36(2,33)34)12-15(14-5-3-4-6-17(14)26)22-23(21)25(32)27-24(22)31/h3-8,11-12H,9-10H2,1-2H3,(H,28,30)(H,27,31,32). The Morgan fingerprint density at radius 2 is 1.75 bits per heavy atom. The van der Waals surface area contributed by atoms with E-state index >= 15 is 0 Å². The van der Waals surface area contributed by atoms with Crippen LogP contribution in [-0.2, 0) is 21.4 Å². The summed E-state index contributed by atoms with van der Waals surface area (Å²) in [5.74, 6) is -1.18. The van der Waals surface area contributed by atoms with Crippen LogP contribution in [-0.4, -0.2) is 44.1 Å². The monoisotopic (exact) mass is 525 g/mol. The van der Waals surface area contributed by atoms with Crippen molar-refractivity contribution in [3.63, 3.8) is 0 Å². The fraction of sp³-hybridized carbons (Fsp3) is 0.160. The number of hydrogen-bond acceptors (Lipinski definition) is 6. The Bertz CT molecular complexity index is 1730. The molecule has 5 rings (SSSR count). The summed E-state index contributed by atoms with van der Waals surface area (Å²) in [5, 5.41) is 3.98. The summed E-state index contributed by atoms with van der Waals surface area (Å²) in [4.78, 5) is 38.3. The lowest BCUT2D eigenvalue weighted by molar-refractivity contribution is -0.119. The van der Waals surface area contributed by atoms with E-state index in [4.69, 9.17) is 16.3 Å². The van der Waals surface area contributed by atoms with Crippen LogP contribution in [0.5, 0.6) is 5.75 Å². The van der Waals surface area contributed by atoms with E-state index in [9.17, 15) is 22.8 Å². The van der Waals surface area contributed by atoms with E-state index in [0.717, 1.165) is 6.26 Å². The van der Waals surface area contributed by atoms with Crippen LogP contribution in [0.4, 0.5) is 0 Å². The van der Waals surface area contributed by atoms with Crippen molar-refractivity contribution >= 4 is 61.2 Å². The van der Waals surface area contributed by atoms with Gasteiger partial charge in [0.2, 0.25) is 15.9 Å². The third-order valence-corrected chi connectivity index (χ3v) is 7.00. The smallest absolute Gasteiger partial charge is 0.259 e. The zero-order chi connectivity index (χ0) is 25.8. The number of amides is 3. The summed E-state index contributed by atoms with van der Waals surface area (Å²) in [7, 11) is -2.19. The number of halogens is 1. The molecule has 0 saturated heterocycles. The summed E-state index contributed by atoms with van der Waals surface area (Å²) in [6.07, 6.45) is 0.772. The topological polar surface area (TPSA) is 124 Å². The number of carbonyl (C=O) groups excluding carboxylic acids is 3. The summed E-state index contributed by atoms with van der Waals surface area (Å²) >= 11 is 6.47. The molecule has 0 unspecified atom stereocenters. The molecule has 0 aliphatic carbocycles. The number of ether oxygens (including phenoxy) is 1. The van der Waals surface area contributed by atoms with Crippen molar-refractivity contribution in [2.45, 2.75) is 13.0 Å². The number of sulfonamides is 1. The van der Waals surface area contributed by atoms with Crippen LogP contribution < -0.4 is 14.8 Å². The van der Waals surface area contributed by atoms with Crippen molar-refractivity contribution in [1.29, 1.82) is 0 Å². The second-order valence-corrected chi connectivity index (χ2v) is 10.6. The molecule has 11 heteroatoms. The number of nitrogens with zero attached hydrogens (tertiary/aromatic N) is 1. The van der Waals surface area contributed by atoms with Gasteiger partial charge >= 0.3 is 0 Å². The van der Waals surface area contributed by atoms with Gasteiger partial charge < -0.3 is 9.30 Å². The van der Waals surface area contributed by atoms with Gasteiger partial charge in [-0.1, -0.05) is 29.8 Å². The van der Waals surface area contributed by atoms with E-state index in [0.29, 0.717) is 43.7 Å². The highest BCUT2D eigenvalue weighted by atomic mass is 35.5. The molecule has 0 saturated carbocycles. The molecular formula is C25H20ClN3O6S. The minimum atomic E-state index is -3.71. The number of aromatic nitrogens is 1. The molecule has 0 radical (unpaired) electrons. The number of benzene rings is 3. The van der Waals surface area contributed by atoms with Crippen LogP contribution in [0.15, 0.2) is 48.5 Å². The predicted octanol–water partition coefficient (Wildman–Crippen LogP) is 3.47. The van der Waals surface area contributed by atoms with E-state index in [-0.39, 0.29) is 24.1 Å². The van der Waals surface area contributed by atoms with E-state index in [2.05, 4.69) is 5.32 Å². The van der Waals surface area contributed by atoms with Gasteiger partial charge in [-0.05, 0) is 35.9 Å². The summed E-state index contributed by atoms with van der Waals surface area (Å²) < 4.78 is 32.1. The number of nitrogens with one attached hydrogen (secondary N) is 2. The number of rotatable bonds is 6. The molecule has 0 bridgehead atoms. The summed E-state index contributed by atoms with van der Waals surface area (Å²) in [6, 6.07) is 14.1. The van der Waals surface area contributed by atoms with Crippen molar-refractivity contribution in [3.05, 3.63) is 64.7 Å². The Hall–Kier alpha value is -3.89. The number of hydrogen-bond donors (Lipinski definition) is 2. The number of aryl methyl sites for hydroxylation is 1. The lowest BCUT2D eigenvalue weighted by Crippen LogP contribution is -2.29. The molecule has 9 nitrogen and oxygen atoms in total. The van der Waals surface area contributed by atoms with Crippen LogP contribution in [0.1, 0.15) is 27.1 Å². The van der Waals surface area contributed by atoms with Gasteiger partial charge in [0, 0.05) is 39.8 Å². The largest absolute Gasteiger partial charge is 0.497 e. The lowest BCUT2D eigenvalue weighted by Gasteiger charge is -2.12. The van der Waals surface area contributed by atoms with Crippen LogP contribution in [0.25, 0.3) is 32.9 Å². The Labute approximate surface area is 211 Å². The van der Waals surface area contributed by atoms with Gasteiger partial charge in [0.05, 0.1) is 30.0 Å². The van der Waals surface area contributed by atoms with E-state index in [1.54, 1.807) is 48.5 Å². The highest BCUT2D eigenvalue weighted by molar-refractivity contribution is 7.89. The highest BCUT2D eigenvalue weighted by Crippen LogP contribution is 2.42. The molecule has 4 aromatic rings. The zero-order valence-corrected chi connectivity index (χ0v) is 20.8. The minimum Gasteiger partial charge on any atom is -0.497 e. The number of methoxy groups -OCH3 is 1. The average molecular weight is 526 g/mol. The van der Waals surface area contributed by atoms with E-state index < -0.39 is 27.7 Å². The third kappa shape index (κ3) is 3.98. The van der Waals surface area contributed by atoms with Crippen molar-refractivity contribution in [2.75, 3.05) is 13.4 Å². The molecule has 36 heavy (non-hydrogen) atoms. The first-order chi connectivity index (χ1) is 17.1. The van der Waals surface area contributed by atoms with Crippen molar-refractivity contribution in [3.8, 4) is 16.9 Å². The molecule has 3 amide bonds.